The summed E-state index contributed by atoms with van der Waals surface area (Å²) in [7, 11) is 0. The van der Waals surface area contributed by atoms with Gasteiger partial charge in [-0.25, -0.2) is 9.68 Å². The lowest BCUT2D eigenvalue weighted by Gasteiger charge is -2.15. The van der Waals surface area contributed by atoms with Crippen molar-refractivity contribution >= 4 is 5.97 Å². The van der Waals surface area contributed by atoms with Gasteiger partial charge in [-0.3, -0.25) is 4.89 Å². The van der Waals surface area contributed by atoms with E-state index in [2.05, 4.69) is 11.8 Å². The predicted octanol–water partition coefficient (Wildman–Crippen LogP) is 2.10. The number of benzene rings is 1. The van der Waals surface area contributed by atoms with Crippen LogP contribution >= 0.6 is 0 Å². The Bertz CT molecular complexity index is 455. The van der Waals surface area contributed by atoms with Gasteiger partial charge in [-0.15, -0.1) is 0 Å². The molecule has 0 unspecified atom stereocenters. The summed E-state index contributed by atoms with van der Waals surface area (Å²) in [6, 6.07) is 7.00. The standard InChI is InChI=1S/C17H26O6/c1-2-3-4-5-6-7-8-14-9-11-15(12-10-14)22-23-16(19)17(20,21)13-18/h9-12,18,20-21H,2-8,13H2,1H3. The number of carbonyl (C=O) groups excluding carboxylic acids is 1. The fourth-order valence-electron chi connectivity index (χ4n) is 2.04. The smallest absolute Gasteiger partial charge is 0.390 e. The molecule has 130 valence electrons. The van der Waals surface area contributed by atoms with Crippen molar-refractivity contribution in [2.45, 2.75) is 57.7 Å². The third kappa shape index (κ3) is 7.45. The minimum absolute atomic E-state index is 0.263. The fraction of sp³-hybridized carbons (Fsp3) is 0.588. The molecule has 0 saturated carbocycles. The maximum Gasteiger partial charge on any atom is 0.416 e. The number of aryl methyl sites for hydroxylation is 1. The molecule has 1 aromatic rings. The number of carbonyl (C=O) groups is 1. The minimum atomic E-state index is -2.96. The number of unbranched alkanes of at least 4 members (excludes halogenated alkanes) is 5. The van der Waals surface area contributed by atoms with Crippen molar-refractivity contribution in [1.29, 1.82) is 0 Å². The quantitative estimate of drug-likeness (QED) is 0.249. The van der Waals surface area contributed by atoms with E-state index in [0.29, 0.717) is 0 Å². The Balaban J connectivity index is 2.29. The van der Waals surface area contributed by atoms with Crippen molar-refractivity contribution in [2.75, 3.05) is 6.61 Å². The summed E-state index contributed by atoms with van der Waals surface area (Å²) in [6.07, 6.45) is 8.42. The Morgan fingerprint density at radius 2 is 1.65 bits per heavy atom. The molecule has 0 spiro atoms. The van der Waals surface area contributed by atoms with E-state index in [1.54, 1.807) is 12.1 Å². The number of hydrogen-bond acceptors (Lipinski definition) is 6. The maximum absolute atomic E-state index is 11.2. The van der Waals surface area contributed by atoms with Gasteiger partial charge < -0.3 is 15.3 Å². The first-order chi connectivity index (χ1) is 11.0. The van der Waals surface area contributed by atoms with Gasteiger partial charge in [-0.1, -0.05) is 51.2 Å². The van der Waals surface area contributed by atoms with Crippen LogP contribution in [0.1, 0.15) is 51.0 Å². The Labute approximate surface area is 136 Å². The van der Waals surface area contributed by atoms with Gasteiger partial charge in [0.1, 0.15) is 6.61 Å². The molecule has 23 heavy (non-hydrogen) atoms. The highest BCUT2D eigenvalue weighted by molar-refractivity contribution is 5.76. The number of rotatable bonds is 11. The molecule has 1 aromatic carbocycles. The largest absolute Gasteiger partial charge is 0.416 e. The zero-order chi connectivity index (χ0) is 17.1. The summed E-state index contributed by atoms with van der Waals surface area (Å²) < 4.78 is 0. The average molecular weight is 326 g/mol. The van der Waals surface area contributed by atoms with Gasteiger partial charge in [-0.05, 0) is 30.5 Å². The Kier molecular flexibility index (Phi) is 8.61. The van der Waals surface area contributed by atoms with Gasteiger partial charge >= 0.3 is 5.97 Å². The van der Waals surface area contributed by atoms with Crippen LogP contribution < -0.4 is 4.89 Å². The third-order valence-corrected chi connectivity index (χ3v) is 3.50. The van der Waals surface area contributed by atoms with Crippen LogP contribution in [-0.4, -0.2) is 33.7 Å². The molecule has 1 rings (SSSR count). The van der Waals surface area contributed by atoms with Crippen molar-refractivity contribution in [3.63, 3.8) is 0 Å². The summed E-state index contributed by atoms with van der Waals surface area (Å²) in [4.78, 5) is 20.1. The van der Waals surface area contributed by atoms with Gasteiger partial charge in [0.15, 0.2) is 5.75 Å². The van der Waals surface area contributed by atoms with Crippen molar-refractivity contribution in [3.8, 4) is 5.75 Å². The lowest BCUT2D eigenvalue weighted by atomic mass is 10.1. The van der Waals surface area contributed by atoms with Crippen LogP contribution in [0, 0.1) is 0 Å². The van der Waals surface area contributed by atoms with E-state index in [9.17, 15) is 4.79 Å². The molecule has 3 N–H and O–H groups in total. The Hall–Kier alpha value is -1.63. The minimum Gasteiger partial charge on any atom is -0.390 e. The van der Waals surface area contributed by atoms with Crippen LogP contribution in [-0.2, 0) is 16.1 Å². The lowest BCUT2D eigenvalue weighted by Crippen LogP contribution is -2.43. The van der Waals surface area contributed by atoms with E-state index >= 15 is 0 Å². The average Bonchev–Trinajstić information content (AvgIpc) is 2.56. The third-order valence-electron chi connectivity index (χ3n) is 3.50. The second-order valence-corrected chi connectivity index (χ2v) is 5.59. The maximum atomic E-state index is 11.2. The first-order valence-corrected chi connectivity index (χ1v) is 8.03. The highest BCUT2D eigenvalue weighted by Gasteiger charge is 2.36. The van der Waals surface area contributed by atoms with Gasteiger partial charge in [0.2, 0.25) is 0 Å². The van der Waals surface area contributed by atoms with Crippen LogP contribution in [0.4, 0.5) is 0 Å². The first-order valence-electron chi connectivity index (χ1n) is 8.03. The van der Waals surface area contributed by atoms with E-state index in [1.165, 1.54) is 32.1 Å². The highest BCUT2D eigenvalue weighted by atomic mass is 17.2. The molecule has 0 aromatic heterocycles. The molecule has 0 amide bonds. The van der Waals surface area contributed by atoms with Gasteiger partial charge in [-0.2, -0.15) is 0 Å². The van der Waals surface area contributed by atoms with Crippen LogP contribution in [0.15, 0.2) is 24.3 Å². The number of aliphatic hydroxyl groups is 3. The molecule has 0 heterocycles. The molecule has 0 saturated heterocycles. The zero-order valence-electron chi connectivity index (χ0n) is 13.5. The van der Waals surface area contributed by atoms with Crippen molar-refractivity contribution < 1.29 is 29.9 Å². The lowest BCUT2D eigenvalue weighted by molar-refractivity contribution is -0.268. The second kappa shape index (κ2) is 10.2. The molecule has 0 aliphatic carbocycles. The molecule has 6 heteroatoms. The molecule has 0 atom stereocenters. The topological polar surface area (TPSA) is 96.2 Å². The monoisotopic (exact) mass is 326 g/mol. The zero-order valence-corrected chi connectivity index (χ0v) is 13.5. The molecule has 0 fully saturated rings. The van der Waals surface area contributed by atoms with Crippen molar-refractivity contribution in [2.24, 2.45) is 0 Å². The van der Waals surface area contributed by atoms with Crippen LogP contribution in [0.25, 0.3) is 0 Å². The summed E-state index contributed by atoms with van der Waals surface area (Å²) in [5, 5.41) is 26.7. The molecular weight excluding hydrogens is 300 g/mol. The molecule has 0 bridgehead atoms. The van der Waals surface area contributed by atoms with Gasteiger partial charge in [0.05, 0.1) is 0 Å². The van der Waals surface area contributed by atoms with E-state index in [-0.39, 0.29) is 5.75 Å². The number of hydrogen-bond donors (Lipinski definition) is 3. The summed E-state index contributed by atoms with van der Waals surface area (Å²) in [5.74, 6) is -4.17. The molecule has 0 aliphatic rings. The molecule has 0 aliphatic heterocycles. The normalized spacial score (nSPS) is 11.3. The van der Waals surface area contributed by atoms with Crippen LogP contribution in [0.5, 0.6) is 5.75 Å². The van der Waals surface area contributed by atoms with Gasteiger partial charge in [0.25, 0.3) is 5.79 Å². The Morgan fingerprint density at radius 3 is 2.26 bits per heavy atom. The summed E-state index contributed by atoms with van der Waals surface area (Å²) in [6.45, 7) is 1.03. The van der Waals surface area contributed by atoms with E-state index in [1.807, 2.05) is 12.1 Å². The summed E-state index contributed by atoms with van der Waals surface area (Å²) in [5.41, 5.74) is 1.16. The van der Waals surface area contributed by atoms with Crippen LogP contribution in [0.3, 0.4) is 0 Å². The molecule has 0 radical (unpaired) electrons. The predicted molar refractivity (Wildman–Crippen MR) is 84.5 cm³/mol. The molecule has 6 nitrogen and oxygen atoms in total. The molecular formula is C17H26O6. The van der Waals surface area contributed by atoms with E-state index in [0.717, 1.165) is 18.4 Å². The Morgan fingerprint density at radius 1 is 1.04 bits per heavy atom. The van der Waals surface area contributed by atoms with Crippen LogP contribution in [0.2, 0.25) is 0 Å². The van der Waals surface area contributed by atoms with Gasteiger partial charge in [0, 0.05) is 0 Å². The SMILES string of the molecule is CCCCCCCCc1ccc(OOC(=O)C(O)(O)CO)cc1. The first kappa shape index (κ1) is 19.4. The van der Waals surface area contributed by atoms with Crippen molar-refractivity contribution in [1.82, 2.24) is 0 Å². The van der Waals surface area contributed by atoms with Crippen molar-refractivity contribution in [3.05, 3.63) is 29.8 Å². The summed E-state index contributed by atoms with van der Waals surface area (Å²) >= 11 is 0. The fourth-order valence-corrected chi connectivity index (χ4v) is 2.04. The van der Waals surface area contributed by atoms with E-state index < -0.39 is 18.4 Å². The number of aliphatic hydroxyl groups excluding tert-OH is 1. The highest BCUT2D eigenvalue weighted by Crippen LogP contribution is 2.16. The second-order valence-electron chi connectivity index (χ2n) is 5.59. The van der Waals surface area contributed by atoms with E-state index in [4.69, 9.17) is 20.2 Å².